The summed E-state index contributed by atoms with van der Waals surface area (Å²) in [7, 11) is 0. The average Bonchev–Trinajstić information content (AvgIpc) is 3.02. The molecule has 2 aromatic rings. The Morgan fingerprint density at radius 2 is 2.00 bits per heavy atom. The first-order chi connectivity index (χ1) is 11.1. The number of fused-ring (bicyclic) bond motifs is 1. The minimum atomic E-state index is -0.00273. The van der Waals surface area contributed by atoms with Gasteiger partial charge in [-0.25, -0.2) is 4.79 Å². The smallest absolute Gasteiger partial charge is 0.322 e. The number of benzene rings is 1. The van der Waals surface area contributed by atoms with E-state index in [-0.39, 0.29) is 12.1 Å². The van der Waals surface area contributed by atoms with Gasteiger partial charge in [0.05, 0.1) is 6.04 Å². The number of aromatic nitrogens is 1. The molecule has 1 aromatic heterocycles. The van der Waals surface area contributed by atoms with E-state index in [4.69, 9.17) is 0 Å². The van der Waals surface area contributed by atoms with E-state index in [0.717, 1.165) is 25.2 Å². The summed E-state index contributed by atoms with van der Waals surface area (Å²) in [6.45, 7) is 8.05. The number of urea groups is 1. The molecule has 1 N–H and O–H groups in total. The van der Waals surface area contributed by atoms with Crippen molar-refractivity contribution in [2.24, 2.45) is 5.92 Å². The van der Waals surface area contributed by atoms with E-state index in [9.17, 15) is 4.79 Å². The monoisotopic (exact) mass is 311 g/mol. The van der Waals surface area contributed by atoms with Gasteiger partial charge in [0.1, 0.15) is 0 Å². The third-order valence-electron chi connectivity index (χ3n) is 4.62. The van der Waals surface area contributed by atoms with Crippen LogP contribution in [0.2, 0.25) is 0 Å². The zero-order valence-corrected chi connectivity index (χ0v) is 14.1. The van der Waals surface area contributed by atoms with Crippen LogP contribution in [0.4, 0.5) is 10.5 Å². The topological polar surface area (TPSA) is 37.3 Å². The number of carbonyl (C=O) groups is 1. The molecule has 23 heavy (non-hydrogen) atoms. The zero-order valence-electron chi connectivity index (χ0n) is 14.1. The molecule has 1 aromatic carbocycles. The van der Waals surface area contributed by atoms with Gasteiger partial charge in [0.25, 0.3) is 0 Å². The van der Waals surface area contributed by atoms with Gasteiger partial charge in [0.15, 0.2) is 0 Å². The van der Waals surface area contributed by atoms with Gasteiger partial charge in [-0.2, -0.15) is 0 Å². The Bertz CT molecular complexity index is 689. The lowest BCUT2D eigenvalue weighted by atomic mass is 9.97. The van der Waals surface area contributed by atoms with Crippen molar-refractivity contribution < 1.29 is 4.79 Å². The second-order valence-electron chi connectivity index (χ2n) is 6.45. The van der Waals surface area contributed by atoms with Gasteiger partial charge in [-0.3, -0.25) is 0 Å². The maximum atomic E-state index is 12.9. The number of hydrogen-bond acceptors (Lipinski definition) is 1. The number of hydrogen-bond donors (Lipinski definition) is 1. The van der Waals surface area contributed by atoms with E-state index >= 15 is 0 Å². The van der Waals surface area contributed by atoms with Crippen LogP contribution in [-0.2, 0) is 13.0 Å². The number of carbonyl (C=O) groups excluding carboxylic acids is 1. The Labute approximate surface area is 138 Å². The van der Waals surface area contributed by atoms with Crippen molar-refractivity contribution in [3.8, 4) is 0 Å². The second kappa shape index (κ2) is 6.49. The quantitative estimate of drug-likeness (QED) is 0.902. The minimum absolute atomic E-state index is 0.00273. The molecule has 3 rings (SSSR count). The molecule has 0 unspecified atom stereocenters. The molecule has 2 amide bonds. The fraction of sp³-hybridized carbons (Fsp3) is 0.421. The van der Waals surface area contributed by atoms with Crippen LogP contribution in [0, 0.1) is 5.92 Å². The fourth-order valence-electron chi connectivity index (χ4n) is 3.48. The van der Waals surface area contributed by atoms with Crippen molar-refractivity contribution in [3.05, 3.63) is 53.9 Å². The fourth-order valence-corrected chi connectivity index (χ4v) is 3.48. The highest BCUT2D eigenvalue weighted by Crippen LogP contribution is 2.33. The first kappa shape index (κ1) is 15.7. The molecule has 1 atom stereocenters. The van der Waals surface area contributed by atoms with E-state index in [1.165, 1.54) is 11.3 Å². The molecule has 0 saturated heterocycles. The molecule has 0 spiro atoms. The molecule has 0 saturated carbocycles. The molecule has 1 aliphatic rings. The molecular weight excluding hydrogens is 286 g/mol. The van der Waals surface area contributed by atoms with Crippen molar-refractivity contribution >= 4 is 11.7 Å². The van der Waals surface area contributed by atoms with Gasteiger partial charge in [-0.1, -0.05) is 39.0 Å². The number of anilines is 1. The molecule has 122 valence electrons. The Morgan fingerprint density at radius 3 is 2.74 bits per heavy atom. The molecular formula is C19H25N3O. The van der Waals surface area contributed by atoms with Crippen molar-refractivity contribution in [2.45, 2.75) is 39.8 Å². The second-order valence-corrected chi connectivity index (χ2v) is 6.45. The van der Waals surface area contributed by atoms with Crippen LogP contribution in [0.3, 0.4) is 0 Å². The van der Waals surface area contributed by atoms with Crippen LogP contribution in [0.5, 0.6) is 0 Å². The number of para-hydroxylation sites is 1. The standard InChI is InChI=1S/C19H25N3O/c1-4-15-8-5-6-9-16(15)20-19(23)22-13-12-21-11-7-10-17(21)18(22)14(2)3/h5-11,14,18H,4,12-13H2,1-3H3,(H,20,23)/t18-/m0/s1. The summed E-state index contributed by atoms with van der Waals surface area (Å²) in [4.78, 5) is 14.9. The third-order valence-corrected chi connectivity index (χ3v) is 4.62. The molecule has 0 bridgehead atoms. The third kappa shape index (κ3) is 2.98. The van der Waals surface area contributed by atoms with Crippen LogP contribution in [0.25, 0.3) is 0 Å². The van der Waals surface area contributed by atoms with Crippen molar-refractivity contribution in [2.75, 3.05) is 11.9 Å². The Hall–Kier alpha value is -2.23. The van der Waals surface area contributed by atoms with Gasteiger partial charge >= 0.3 is 6.03 Å². The molecule has 0 aliphatic carbocycles. The van der Waals surface area contributed by atoms with Crippen molar-refractivity contribution in [1.29, 1.82) is 0 Å². The molecule has 2 heterocycles. The predicted molar refractivity (Wildman–Crippen MR) is 93.6 cm³/mol. The van der Waals surface area contributed by atoms with Gasteiger partial charge in [-0.05, 0) is 36.1 Å². The maximum Gasteiger partial charge on any atom is 0.322 e. The van der Waals surface area contributed by atoms with Crippen LogP contribution in [0.15, 0.2) is 42.6 Å². The van der Waals surface area contributed by atoms with Gasteiger partial charge < -0.3 is 14.8 Å². The normalized spacial score (nSPS) is 17.2. The Balaban J connectivity index is 1.84. The predicted octanol–water partition coefficient (Wildman–Crippen LogP) is 4.30. The minimum Gasteiger partial charge on any atom is -0.348 e. The highest BCUT2D eigenvalue weighted by molar-refractivity contribution is 5.90. The summed E-state index contributed by atoms with van der Waals surface area (Å²) in [5, 5.41) is 3.12. The van der Waals surface area contributed by atoms with Gasteiger partial charge in [0.2, 0.25) is 0 Å². The van der Waals surface area contributed by atoms with E-state index in [2.05, 4.69) is 55.1 Å². The first-order valence-corrected chi connectivity index (χ1v) is 8.42. The molecule has 0 fully saturated rings. The summed E-state index contributed by atoms with van der Waals surface area (Å²) >= 11 is 0. The number of rotatable bonds is 3. The molecule has 0 radical (unpaired) electrons. The molecule has 4 heteroatoms. The summed E-state index contributed by atoms with van der Waals surface area (Å²) < 4.78 is 2.26. The van der Waals surface area contributed by atoms with Crippen molar-refractivity contribution in [3.63, 3.8) is 0 Å². The van der Waals surface area contributed by atoms with Crippen LogP contribution in [0.1, 0.15) is 38.1 Å². The van der Waals surface area contributed by atoms with E-state index in [1.54, 1.807) is 0 Å². The number of nitrogens with one attached hydrogen (secondary N) is 1. The largest absolute Gasteiger partial charge is 0.348 e. The zero-order chi connectivity index (χ0) is 16.4. The first-order valence-electron chi connectivity index (χ1n) is 8.42. The highest BCUT2D eigenvalue weighted by atomic mass is 16.2. The number of aryl methyl sites for hydroxylation is 1. The van der Waals surface area contributed by atoms with E-state index in [1.807, 2.05) is 23.1 Å². The van der Waals surface area contributed by atoms with Gasteiger partial charge in [-0.15, -0.1) is 0 Å². The van der Waals surface area contributed by atoms with Gasteiger partial charge in [0, 0.05) is 30.7 Å². The SMILES string of the molecule is CCc1ccccc1NC(=O)N1CCn2cccc2[C@@H]1C(C)C. The lowest BCUT2D eigenvalue weighted by Gasteiger charge is -2.39. The Morgan fingerprint density at radius 1 is 1.22 bits per heavy atom. The van der Waals surface area contributed by atoms with Crippen LogP contribution in [-0.4, -0.2) is 22.0 Å². The van der Waals surface area contributed by atoms with E-state index < -0.39 is 0 Å². The molecule has 1 aliphatic heterocycles. The average molecular weight is 311 g/mol. The molecule has 4 nitrogen and oxygen atoms in total. The number of amides is 2. The van der Waals surface area contributed by atoms with Crippen LogP contribution < -0.4 is 5.32 Å². The lowest BCUT2D eigenvalue weighted by molar-refractivity contribution is 0.144. The maximum absolute atomic E-state index is 12.9. The van der Waals surface area contributed by atoms with E-state index in [0.29, 0.717) is 5.92 Å². The van der Waals surface area contributed by atoms with Crippen LogP contribution >= 0.6 is 0 Å². The number of nitrogens with zero attached hydrogens (tertiary/aromatic N) is 2. The lowest BCUT2D eigenvalue weighted by Crippen LogP contribution is -2.45. The summed E-state index contributed by atoms with van der Waals surface area (Å²) in [6.07, 6.45) is 3.01. The Kier molecular flexibility index (Phi) is 4.42. The van der Waals surface area contributed by atoms with Crippen molar-refractivity contribution in [1.82, 2.24) is 9.47 Å². The highest BCUT2D eigenvalue weighted by Gasteiger charge is 2.33. The summed E-state index contributed by atoms with van der Waals surface area (Å²) in [5.41, 5.74) is 3.32. The summed E-state index contributed by atoms with van der Waals surface area (Å²) in [6, 6.07) is 12.3. The summed E-state index contributed by atoms with van der Waals surface area (Å²) in [5.74, 6) is 0.371.